The molecule has 1 aromatic carbocycles. The Morgan fingerprint density at radius 3 is 2.89 bits per heavy atom. The molecular weight excluding hydrogens is 308 g/mol. The number of halogens is 1. The summed E-state index contributed by atoms with van der Waals surface area (Å²) in [5, 5.41) is 6.88. The number of hydrogen-bond acceptors (Lipinski definition) is 3. The number of carbonyl (C=O) groups excluding carboxylic acids is 1. The molecule has 2 rings (SSSR count). The fourth-order valence-electron chi connectivity index (χ4n) is 1.75. The van der Waals surface area contributed by atoms with Crippen LogP contribution >= 0.6 is 15.9 Å². The van der Waals surface area contributed by atoms with Crippen LogP contribution in [0, 0.1) is 6.92 Å². The number of nitrogens with zero attached hydrogens (tertiary/aromatic N) is 2. The van der Waals surface area contributed by atoms with Gasteiger partial charge in [0.15, 0.2) is 0 Å². The summed E-state index contributed by atoms with van der Waals surface area (Å²) >= 11 is 3.41. The van der Waals surface area contributed by atoms with Gasteiger partial charge >= 0.3 is 0 Å². The van der Waals surface area contributed by atoms with Gasteiger partial charge in [0.1, 0.15) is 5.82 Å². The predicted molar refractivity (Wildman–Crippen MR) is 77.7 cm³/mol. The van der Waals surface area contributed by atoms with Gasteiger partial charge in [-0.1, -0.05) is 22.0 Å². The van der Waals surface area contributed by atoms with Gasteiger partial charge in [-0.3, -0.25) is 9.48 Å². The smallest absolute Gasteiger partial charge is 0.251 e. The number of rotatable bonds is 3. The number of nitrogens with two attached hydrogens (primary N) is 1. The molecule has 1 aromatic heterocycles. The summed E-state index contributed by atoms with van der Waals surface area (Å²) in [6, 6.07) is 5.54. The zero-order chi connectivity index (χ0) is 14.0. The monoisotopic (exact) mass is 322 g/mol. The van der Waals surface area contributed by atoms with Crippen LogP contribution < -0.4 is 11.1 Å². The summed E-state index contributed by atoms with van der Waals surface area (Å²) in [5.41, 5.74) is 8.20. The van der Waals surface area contributed by atoms with Gasteiger partial charge in [0, 0.05) is 29.2 Å². The molecule has 100 valence electrons. The van der Waals surface area contributed by atoms with Crippen LogP contribution in [0.2, 0.25) is 0 Å². The van der Waals surface area contributed by atoms with Crippen molar-refractivity contribution >= 4 is 27.7 Å². The van der Waals surface area contributed by atoms with E-state index < -0.39 is 0 Å². The van der Waals surface area contributed by atoms with Crippen LogP contribution in [-0.2, 0) is 13.6 Å². The van der Waals surface area contributed by atoms with Gasteiger partial charge in [0.2, 0.25) is 0 Å². The van der Waals surface area contributed by atoms with Gasteiger partial charge in [-0.2, -0.15) is 5.10 Å². The standard InChI is InChI=1S/C13H15BrN4O/c1-8-10(4-3-5-11(8)14)13(19)16-6-9-7-17-18(2)12(9)15/h3-5,7H,6,15H2,1-2H3,(H,16,19). The Morgan fingerprint density at radius 2 is 2.26 bits per heavy atom. The van der Waals surface area contributed by atoms with E-state index in [9.17, 15) is 4.79 Å². The van der Waals surface area contributed by atoms with E-state index in [0.29, 0.717) is 17.9 Å². The number of aromatic nitrogens is 2. The first-order valence-corrected chi connectivity index (χ1v) is 6.59. The average Bonchev–Trinajstić information content (AvgIpc) is 2.70. The van der Waals surface area contributed by atoms with E-state index in [0.717, 1.165) is 15.6 Å². The molecule has 0 spiro atoms. The molecule has 0 unspecified atom stereocenters. The second-order valence-electron chi connectivity index (χ2n) is 4.27. The van der Waals surface area contributed by atoms with Crippen molar-refractivity contribution in [2.24, 2.45) is 7.05 Å². The summed E-state index contributed by atoms with van der Waals surface area (Å²) in [7, 11) is 1.76. The predicted octanol–water partition coefficient (Wildman–Crippen LogP) is 2.00. The Bertz CT molecular complexity index is 621. The second kappa shape index (κ2) is 5.44. The highest BCUT2D eigenvalue weighted by atomic mass is 79.9. The highest BCUT2D eigenvalue weighted by Crippen LogP contribution is 2.19. The maximum absolute atomic E-state index is 12.1. The molecular formula is C13H15BrN4O. The van der Waals surface area contributed by atoms with Gasteiger partial charge in [0.25, 0.3) is 5.91 Å². The number of benzene rings is 1. The summed E-state index contributed by atoms with van der Waals surface area (Å²) in [6.45, 7) is 2.27. The molecule has 0 aliphatic carbocycles. The van der Waals surface area contributed by atoms with Gasteiger partial charge < -0.3 is 11.1 Å². The zero-order valence-corrected chi connectivity index (χ0v) is 12.4. The highest BCUT2D eigenvalue weighted by molar-refractivity contribution is 9.10. The van der Waals surface area contributed by atoms with Crippen LogP contribution in [0.25, 0.3) is 0 Å². The lowest BCUT2D eigenvalue weighted by Gasteiger charge is -2.08. The van der Waals surface area contributed by atoms with Crippen molar-refractivity contribution in [1.82, 2.24) is 15.1 Å². The van der Waals surface area contributed by atoms with E-state index in [2.05, 4.69) is 26.3 Å². The Kier molecular flexibility index (Phi) is 3.90. The summed E-state index contributed by atoms with van der Waals surface area (Å²) in [6.07, 6.45) is 1.66. The molecule has 3 N–H and O–H groups in total. The molecule has 19 heavy (non-hydrogen) atoms. The first-order chi connectivity index (χ1) is 9.00. The molecule has 1 amide bonds. The largest absolute Gasteiger partial charge is 0.384 e. The topological polar surface area (TPSA) is 72.9 Å². The molecule has 0 aliphatic heterocycles. The molecule has 0 bridgehead atoms. The lowest BCUT2D eigenvalue weighted by Crippen LogP contribution is -2.24. The van der Waals surface area contributed by atoms with Crippen LogP contribution in [0.3, 0.4) is 0 Å². The van der Waals surface area contributed by atoms with Gasteiger partial charge in [-0.25, -0.2) is 0 Å². The fraction of sp³-hybridized carbons (Fsp3) is 0.231. The Morgan fingerprint density at radius 1 is 1.53 bits per heavy atom. The van der Waals surface area contributed by atoms with E-state index >= 15 is 0 Å². The maximum atomic E-state index is 12.1. The van der Waals surface area contributed by atoms with Crippen molar-refractivity contribution in [2.45, 2.75) is 13.5 Å². The minimum atomic E-state index is -0.123. The summed E-state index contributed by atoms with van der Waals surface area (Å²) < 4.78 is 2.49. The quantitative estimate of drug-likeness (QED) is 0.907. The van der Waals surface area contributed by atoms with Gasteiger partial charge in [-0.15, -0.1) is 0 Å². The third-order valence-electron chi connectivity index (χ3n) is 3.02. The number of hydrogen-bond donors (Lipinski definition) is 2. The van der Waals surface area contributed by atoms with Crippen LogP contribution in [-0.4, -0.2) is 15.7 Å². The average molecular weight is 323 g/mol. The molecule has 0 saturated heterocycles. The number of nitrogens with one attached hydrogen (secondary N) is 1. The van der Waals surface area contributed by atoms with E-state index in [-0.39, 0.29) is 5.91 Å². The summed E-state index contributed by atoms with van der Waals surface area (Å²) in [4.78, 5) is 12.1. The first kappa shape index (κ1) is 13.6. The first-order valence-electron chi connectivity index (χ1n) is 5.80. The molecule has 0 fully saturated rings. The third kappa shape index (κ3) is 2.78. The highest BCUT2D eigenvalue weighted by Gasteiger charge is 2.12. The Labute approximate surface area is 119 Å². The second-order valence-corrected chi connectivity index (χ2v) is 5.13. The van der Waals surface area contributed by atoms with Crippen LogP contribution in [0.5, 0.6) is 0 Å². The molecule has 0 saturated carbocycles. The molecule has 0 atom stereocenters. The fourth-order valence-corrected chi connectivity index (χ4v) is 2.12. The number of aryl methyl sites for hydroxylation is 1. The molecule has 5 nitrogen and oxygen atoms in total. The lowest BCUT2D eigenvalue weighted by atomic mass is 10.1. The van der Waals surface area contributed by atoms with Crippen molar-refractivity contribution in [3.8, 4) is 0 Å². The van der Waals surface area contributed by atoms with Crippen LogP contribution in [0.4, 0.5) is 5.82 Å². The Hall–Kier alpha value is -1.82. The van der Waals surface area contributed by atoms with Crippen molar-refractivity contribution in [3.05, 3.63) is 45.6 Å². The number of anilines is 1. The van der Waals surface area contributed by atoms with Crippen molar-refractivity contribution in [2.75, 3.05) is 5.73 Å². The lowest BCUT2D eigenvalue weighted by molar-refractivity contribution is 0.0950. The SMILES string of the molecule is Cc1c(Br)cccc1C(=O)NCc1cnn(C)c1N. The van der Waals surface area contributed by atoms with E-state index in [4.69, 9.17) is 5.73 Å². The molecule has 0 aliphatic rings. The number of carbonyl (C=O) groups is 1. The van der Waals surface area contributed by atoms with Crippen LogP contribution in [0.15, 0.2) is 28.9 Å². The molecule has 1 heterocycles. The summed E-state index contributed by atoms with van der Waals surface area (Å²) in [5.74, 6) is 0.438. The van der Waals surface area contributed by atoms with Crippen LogP contribution in [0.1, 0.15) is 21.5 Å². The number of nitrogen functional groups attached to an aromatic ring is 1. The molecule has 2 aromatic rings. The normalized spacial score (nSPS) is 10.5. The van der Waals surface area contributed by atoms with Gasteiger partial charge in [-0.05, 0) is 24.6 Å². The number of amides is 1. The van der Waals surface area contributed by atoms with E-state index in [1.807, 2.05) is 19.1 Å². The van der Waals surface area contributed by atoms with Crippen molar-refractivity contribution in [3.63, 3.8) is 0 Å². The van der Waals surface area contributed by atoms with Gasteiger partial charge in [0.05, 0.1) is 6.20 Å². The Balaban J connectivity index is 2.10. The maximum Gasteiger partial charge on any atom is 0.251 e. The van der Waals surface area contributed by atoms with E-state index in [1.54, 1.807) is 24.0 Å². The molecule has 0 radical (unpaired) electrons. The van der Waals surface area contributed by atoms with E-state index in [1.165, 1.54) is 0 Å². The van der Waals surface area contributed by atoms with Crippen molar-refractivity contribution in [1.29, 1.82) is 0 Å². The minimum Gasteiger partial charge on any atom is -0.384 e. The zero-order valence-electron chi connectivity index (χ0n) is 10.8. The van der Waals surface area contributed by atoms with Crippen molar-refractivity contribution < 1.29 is 4.79 Å². The minimum absolute atomic E-state index is 0.123. The molecule has 6 heteroatoms. The third-order valence-corrected chi connectivity index (χ3v) is 3.88.